The van der Waals surface area contributed by atoms with Crippen molar-refractivity contribution in [3.05, 3.63) is 52.6 Å². The maximum atomic E-state index is 12.8. The zero-order valence-electron chi connectivity index (χ0n) is 17.1. The molecule has 0 unspecified atom stereocenters. The van der Waals surface area contributed by atoms with Gasteiger partial charge in [0.25, 0.3) is 5.91 Å². The lowest BCUT2D eigenvalue weighted by Gasteiger charge is -2.30. The lowest BCUT2D eigenvalue weighted by atomic mass is 10.1. The molecule has 0 aromatic heterocycles. The van der Waals surface area contributed by atoms with Crippen LogP contribution in [0.25, 0.3) is 6.08 Å². The van der Waals surface area contributed by atoms with Crippen molar-refractivity contribution in [2.45, 2.75) is 6.61 Å². The van der Waals surface area contributed by atoms with Gasteiger partial charge in [-0.05, 0) is 42.0 Å². The van der Waals surface area contributed by atoms with Crippen LogP contribution in [0.1, 0.15) is 5.56 Å². The second-order valence-electron chi connectivity index (χ2n) is 6.67. The Kier molecular flexibility index (Phi) is 7.87. The molecular formula is C22H20ClF2N3O4. The van der Waals surface area contributed by atoms with Gasteiger partial charge in [0.15, 0.2) is 11.5 Å². The third kappa shape index (κ3) is 5.87. The summed E-state index contributed by atoms with van der Waals surface area (Å²) in [6.07, 6.45) is 1.27. The number of rotatable bonds is 7. The second-order valence-corrected chi connectivity index (χ2v) is 7.11. The first-order valence-electron chi connectivity index (χ1n) is 9.59. The van der Waals surface area contributed by atoms with Crippen molar-refractivity contribution in [1.82, 2.24) is 0 Å². The fourth-order valence-electron chi connectivity index (χ4n) is 3.16. The molecule has 2 aromatic rings. The van der Waals surface area contributed by atoms with Crippen LogP contribution in [0.2, 0.25) is 5.02 Å². The van der Waals surface area contributed by atoms with Crippen molar-refractivity contribution in [1.29, 1.82) is 5.26 Å². The highest BCUT2D eigenvalue weighted by atomic mass is 35.5. The Morgan fingerprint density at radius 3 is 2.66 bits per heavy atom. The molecule has 168 valence electrons. The molecule has 0 spiro atoms. The highest BCUT2D eigenvalue weighted by molar-refractivity contribution is 6.31. The van der Waals surface area contributed by atoms with Crippen LogP contribution >= 0.6 is 11.6 Å². The number of morpholine rings is 1. The van der Waals surface area contributed by atoms with Crippen LogP contribution in [0.15, 0.2) is 42.0 Å². The van der Waals surface area contributed by atoms with Gasteiger partial charge >= 0.3 is 6.61 Å². The number of ether oxygens (including phenoxy) is 3. The number of nitriles is 1. The molecule has 1 fully saturated rings. The zero-order chi connectivity index (χ0) is 23.1. The molecule has 7 nitrogen and oxygen atoms in total. The average Bonchev–Trinajstić information content (AvgIpc) is 2.78. The maximum Gasteiger partial charge on any atom is 0.387 e. The highest BCUT2D eigenvalue weighted by Gasteiger charge is 2.19. The van der Waals surface area contributed by atoms with Crippen LogP contribution in [0.3, 0.4) is 0 Å². The molecule has 0 saturated carbocycles. The molecule has 1 amide bonds. The Hall–Kier alpha value is -3.35. The van der Waals surface area contributed by atoms with Crippen molar-refractivity contribution in [3.8, 4) is 17.6 Å². The number of nitrogens with one attached hydrogen (secondary N) is 1. The van der Waals surface area contributed by atoms with E-state index in [4.69, 9.17) is 21.1 Å². The van der Waals surface area contributed by atoms with Crippen molar-refractivity contribution in [3.63, 3.8) is 0 Å². The number of alkyl halides is 2. The van der Waals surface area contributed by atoms with Gasteiger partial charge in [0.05, 0.1) is 31.7 Å². The number of anilines is 2. The molecule has 1 aliphatic heterocycles. The second kappa shape index (κ2) is 10.8. The number of carbonyl (C=O) groups excluding carboxylic acids is 1. The predicted molar refractivity (Wildman–Crippen MR) is 116 cm³/mol. The van der Waals surface area contributed by atoms with Gasteiger partial charge in [0.2, 0.25) is 0 Å². The number of benzene rings is 2. The Balaban J connectivity index is 1.86. The first-order chi connectivity index (χ1) is 15.4. The minimum absolute atomic E-state index is 0.0967. The maximum absolute atomic E-state index is 12.8. The first-order valence-corrected chi connectivity index (χ1v) is 9.97. The highest BCUT2D eigenvalue weighted by Crippen LogP contribution is 2.32. The van der Waals surface area contributed by atoms with E-state index in [2.05, 4.69) is 10.1 Å². The normalized spacial score (nSPS) is 14.1. The number of halogens is 3. The molecule has 1 heterocycles. The summed E-state index contributed by atoms with van der Waals surface area (Å²) in [5, 5.41) is 12.7. The third-order valence-electron chi connectivity index (χ3n) is 4.64. The van der Waals surface area contributed by atoms with E-state index in [0.29, 0.717) is 42.6 Å². The SMILES string of the molecule is COc1ccc(/C=C(\C#N)C(=O)Nc2cc(Cl)ccc2N2CCOCC2)cc1OC(F)F. The van der Waals surface area contributed by atoms with E-state index < -0.39 is 12.5 Å². The van der Waals surface area contributed by atoms with Gasteiger partial charge in [-0.25, -0.2) is 0 Å². The van der Waals surface area contributed by atoms with E-state index in [1.54, 1.807) is 18.2 Å². The molecule has 3 rings (SSSR count). The molecule has 0 bridgehead atoms. The van der Waals surface area contributed by atoms with Gasteiger partial charge in [-0.3, -0.25) is 4.79 Å². The fraction of sp³-hybridized carbons (Fsp3) is 0.273. The van der Waals surface area contributed by atoms with Gasteiger partial charge in [-0.15, -0.1) is 0 Å². The predicted octanol–water partition coefficient (Wildman–Crippen LogP) is 4.33. The summed E-state index contributed by atoms with van der Waals surface area (Å²) in [6.45, 7) is -0.656. The van der Waals surface area contributed by atoms with Crippen LogP contribution in [-0.2, 0) is 9.53 Å². The zero-order valence-corrected chi connectivity index (χ0v) is 17.9. The molecule has 0 atom stereocenters. The van der Waals surface area contributed by atoms with Crippen LogP contribution in [0, 0.1) is 11.3 Å². The van der Waals surface area contributed by atoms with E-state index in [9.17, 15) is 18.8 Å². The molecule has 1 saturated heterocycles. The number of hydrogen-bond donors (Lipinski definition) is 1. The van der Waals surface area contributed by atoms with E-state index in [1.165, 1.54) is 31.4 Å². The monoisotopic (exact) mass is 463 g/mol. The molecule has 0 radical (unpaired) electrons. The largest absolute Gasteiger partial charge is 0.493 e. The summed E-state index contributed by atoms with van der Waals surface area (Å²) in [7, 11) is 1.31. The quantitative estimate of drug-likeness (QED) is 0.486. The summed E-state index contributed by atoms with van der Waals surface area (Å²) in [6, 6.07) is 11.1. The average molecular weight is 464 g/mol. The van der Waals surface area contributed by atoms with E-state index in [-0.39, 0.29) is 17.1 Å². The Bertz CT molecular complexity index is 1050. The molecule has 10 heteroatoms. The molecule has 2 aromatic carbocycles. The molecule has 32 heavy (non-hydrogen) atoms. The third-order valence-corrected chi connectivity index (χ3v) is 4.87. The van der Waals surface area contributed by atoms with E-state index >= 15 is 0 Å². The van der Waals surface area contributed by atoms with Crippen LogP contribution < -0.4 is 19.7 Å². The molecule has 1 aliphatic rings. The van der Waals surface area contributed by atoms with E-state index in [0.717, 1.165) is 5.69 Å². The van der Waals surface area contributed by atoms with Gasteiger partial charge in [-0.1, -0.05) is 17.7 Å². The minimum Gasteiger partial charge on any atom is -0.493 e. The number of carbonyl (C=O) groups is 1. The van der Waals surface area contributed by atoms with Gasteiger partial charge < -0.3 is 24.4 Å². The van der Waals surface area contributed by atoms with Crippen molar-refractivity contribution >= 4 is 35.0 Å². The topological polar surface area (TPSA) is 83.8 Å². The number of hydrogen-bond acceptors (Lipinski definition) is 6. The minimum atomic E-state index is -3.05. The van der Waals surface area contributed by atoms with Crippen molar-refractivity contribution in [2.24, 2.45) is 0 Å². The molecule has 0 aliphatic carbocycles. The summed E-state index contributed by atoms with van der Waals surface area (Å²) < 4.78 is 40.1. The summed E-state index contributed by atoms with van der Waals surface area (Å²) in [5.74, 6) is -0.783. The Morgan fingerprint density at radius 1 is 1.25 bits per heavy atom. The van der Waals surface area contributed by atoms with E-state index in [1.807, 2.05) is 11.0 Å². The van der Waals surface area contributed by atoms with Crippen LogP contribution in [0.5, 0.6) is 11.5 Å². The number of amides is 1. The number of nitrogens with zero attached hydrogens (tertiary/aromatic N) is 2. The van der Waals surface area contributed by atoms with Crippen molar-refractivity contribution in [2.75, 3.05) is 43.6 Å². The van der Waals surface area contributed by atoms with Gasteiger partial charge in [0.1, 0.15) is 11.6 Å². The fourth-order valence-corrected chi connectivity index (χ4v) is 3.34. The smallest absolute Gasteiger partial charge is 0.387 e. The Labute approximate surface area is 188 Å². The molecule has 1 N–H and O–H groups in total. The lowest BCUT2D eigenvalue weighted by molar-refractivity contribution is -0.112. The van der Waals surface area contributed by atoms with Crippen LogP contribution in [-0.4, -0.2) is 45.9 Å². The summed E-state index contributed by atoms with van der Waals surface area (Å²) in [5.41, 5.74) is 1.28. The van der Waals surface area contributed by atoms with Gasteiger partial charge in [-0.2, -0.15) is 14.0 Å². The van der Waals surface area contributed by atoms with Crippen molar-refractivity contribution < 1.29 is 27.8 Å². The summed E-state index contributed by atoms with van der Waals surface area (Å²) >= 11 is 6.11. The lowest BCUT2D eigenvalue weighted by Crippen LogP contribution is -2.36. The van der Waals surface area contributed by atoms with Gasteiger partial charge in [0, 0.05) is 18.1 Å². The first kappa shape index (κ1) is 23.3. The standard InChI is InChI=1S/C22H20ClF2N3O4/c1-30-19-5-2-14(11-20(19)32-22(24)25)10-15(13-26)21(29)27-17-12-16(23)3-4-18(17)28-6-8-31-9-7-28/h2-5,10-12,22H,6-9H2,1H3,(H,27,29)/b15-10+. The molecular weight excluding hydrogens is 444 g/mol. The summed E-state index contributed by atoms with van der Waals surface area (Å²) in [4.78, 5) is 14.9. The number of methoxy groups -OCH3 is 1. The van der Waals surface area contributed by atoms with Crippen LogP contribution in [0.4, 0.5) is 20.2 Å². The Morgan fingerprint density at radius 2 is 2.00 bits per heavy atom.